The number of methoxy groups -OCH3 is 1. The molecule has 1 aliphatic heterocycles. The Kier molecular flexibility index (Phi) is 4.95. The van der Waals surface area contributed by atoms with Crippen molar-refractivity contribution in [3.63, 3.8) is 0 Å². The molecule has 1 heterocycles. The minimum Gasteiger partial charge on any atom is -0.481 e. The highest BCUT2D eigenvalue weighted by atomic mass is 16.5. The second-order valence-corrected chi connectivity index (χ2v) is 4.92. The van der Waals surface area contributed by atoms with Gasteiger partial charge in [0, 0.05) is 20.2 Å². The van der Waals surface area contributed by atoms with Crippen LogP contribution in [0.3, 0.4) is 0 Å². The van der Waals surface area contributed by atoms with Crippen LogP contribution in [0.1, 0.15) is 26.7 Å². The van der Waals surface area contributed by atoms with Crippen LogP contribution in [-0.2, 0) is 9.53 Å². The van der Waals surface area contributed by atoms with Crippen molar-refractivity contribution in [3.8, 4) is 0 Å². The average molecular weight is 258 g/mol. The van der Waals surface area contributed by atoms with Gasteiger partial charge >= 0.3 is 12.0 Å². The van der Waals surface area contributed by atoms with Crippen molar-refractivity contribution in [1.82, 2.24) is 10.2 Å². The number of carbonyl (C=O) groups excluding carboxylic acids is 1. The highest BCUT2D eigenvalue weighted by Gasteiger charge is 2.44. The van der Waals surface area contributed by atoms with Crippen molar-refractivity contribution in [2.24, 2.45) is 5.41 Å². The Morgan fingerprint density at radius 2 is 2.22 bits per heavy atom. The first-order chi connectivity index (χ1) is 8.45. The monoisotopic (exact) mass is 258 g/mol. The Morgan fingerprint density at radius 1 is 1.56 bits per heavy atom. The predicted octanol–water partition coefficient (Wildman–Crippen LogP) is 0.918. The van der Waals surface area contributed by atoms with E-state index in [1.807, 2.05) is 13.8 Å². The quantitative estimate of drug-likeness (QED) is 0.768. The molecule has 18 heavy (non-hydrogen) atoms. The van der Waals surface area contributed by atoms with Gasteiger partial charge in [0.2, 0.25) is 0 Å². The topological polar surface area (TPSA) is 78.9 Å². The maximum Gasteiger partial charge on any atom is 0.317 e. The zero-order valence-electron chi connectivity index (χ0n) is 11.2. The number of urea groups is 1. The van der Waals surface area contributed by atoms with Gasteiger partial charge in [-0.1, -0.05) is 6.92 Å². The van der Waals surface area contributed by atoms with Crippen molar-refractivity contribution in [3.05, 3.63) is 0 Å². The molecule has 6 heteroatoms. The summed E-state index contributed by atoms with van der Waals surface area (Å²) in [5.41, 5.74) is -0.776. The van der Waals surface area contributed by atoms with Crippen molar-refractivity contribution in [2.75, 3.05) is 26.8 Å². The van der Waals surface area contributed by atoms with Gasteiger partial charge in [-0.05, 0) is 19.8 Å². The molecule has 2 atom stereocenters. The molecule has 1 aliphatic rings. The molecule has 2 unspecified atom stereocenters. The zero-order chi connectivity index (χ0) is 13.8. The van der Waals surface area contributed by atoms with Crippen LogP contribution in [0, 0.1) is 5.41 Å². The molecule has 0 spiro atoms. The van der Waals surface area contributed by atoms with E-state index in [1.54, 1.807) is 12.0 Å². The van der Waals surface area contributed by atoms with Crippen LogP contribution < -0.4 is 5.32 Å². The van der Waals surface area contributed by atoms with E-state index in [-0.39, 0.29) is 18.6 Å². The molecule has 0 bridgehead atoms. The summed E-state index contributed by atoms with van der Waals surface area (Å²) in [7, 11) is 1.57. The summed E-state index contributed by atoms with van der Waals surface area (Å²) in [5, 5.41) is 12.0. The first-order valence-corrected chi connectivity index (χ1v) is 6.23. The van der Waals surface area contributed by atoms with E-state index in [4.69, 9.17) is 4.74 Å². The molecule has 6 nitrogen and oxygen atoms in total. The number of likely N-dealkylation sites (tertiary alicyclic amines) is 1. The molecule has 0 radical (unpaired) electrons. The van der Waals surface area contributed by atoms with Crippen molar-refractivity contribution in [2.45, 2.75) is 32.7 Å². The molecule has 0 aliphatic carbocycles. The van der Waals surface area contributed by atoms with Crippen LogP contribution in [0.25, 0.3) is 0 Å². The Morgan fingerprint density at radius 3 is 2.67 bits per heavy atom. The number of amides is 2. The summed E-state index contributed by atoms with van der Waals surface area (Å²) in [6.07, 6.45) is 1.06. The Balaban J connectivity index is 2.55. The number of carboxylic acids is 1. The van der Waals surface area contributed by atoms with E-state index in [1.165, 1.54) is 0 Å². The first-order valence-electron chi connectivity index (χ1n) is 6.23. The van der Waals surface area contributed by atoms with Crippen molar-refractivity contribution in [1.29, 1.82) is 0 Å². The second-order valence-electron chi connectivity index (χ2n) is 4.92. The number of carboxylic acid groups (broad SMARTS) is 1. The van der Waals surface area contributed by atoms with E-state index >= 15 is 0 Å². The molecule has 0 saturated carbocycles. The number of rotatable bonds is 5. The van der Waals surface area contributed by atoms with E-state index in [2.05, 4.69) is 5.32 Å². The molecule has 104 valence electrons. The lowest BCUT2D eigenvalue weighted by molar-refractivity contribution is -0.148. The number of hydrogen-bond donors (Lipinski definition) is 2. The van der Waals surface area contributed by atoms with Crippen molar-refractivity contribution >= 4 is 12.0 Å². The molecule has 2 amide bonds. The summed E-state index contributed by atoms with van der Waals surface area (Å²) in [4.78, 5) is 24.8. The lowest BCUT2D eigenvalue weighted by atomic mass is 9.84. The third kappa shape index (κ3) is 3.13. The van der Waals surface area contributed by atoms with E-state index in [0.717, 1.165) is 0 Å². The fraction of sp³-hybridized carbons (Fsp3) is 0.833. The maximum absolute atomic E-state index is 11.9. The van der Waals surface area contributed by atoms with Gasteiger partial charge in [-0.3, -0.25) is 4.79 Å². The smallest absolute Gasteiger partial charge is 0.317 e. The molecule has 0 aromatic heterocycles. The van der Waals surface area contributed by atoms with Crippen LogP contribution in [0.5, 0.6) is 0 Å². The van der Waals surface area contributed by atoms with Crippen LogP contribution in [-0.4, -0.2) is 54.9 Å². The lowest BCUT2D eigenvalue weighted by Crippen LogP contribution is -2.45. The summed E-state index contributed by atoms with van der Waals surface area (Å²) in [6, 6.07) is -0.292. The molecule has 0 aromatic carbocycles. The largest absolute Gasteiger partial charge is 0.481 e. The van der Waals surface area contributed by atoms with E-state index < -0.39 is 11.4 Å². The fourth-order valence-corrected chi connectivity index (χ4v) is 2.25. The summed E-state index contributed by atoms with van der Waals surface area (Å²) < 4.78 is 4.94. The van der Waals surface area contributed by atoms with Crippen molar-refractivity contribution < 1.29 is 19.4 Å². The number of nitrogens with one attached hydrogen (secondary N) is 1. The molecule has 2 N–H and O–H groups in total. The molecule has 0 aromatic rings. The molecule has 1 fully saturated rings. The third-order valence-electron chi connectivity index (χ3n) is 3.56. The van der Waals surface area contributed by atoms with E-state index in [9.17, 15) is 14.7 Å². The minimum absolute atomic E-state index is 0.0797. The van der Waals surface area contributed by atoms with Gasteiger partial charge in [0.25, 0.3) is 0 Å². The summed E-state index contributed by atoms with van der Waals surface area (Å²) in [6.45, 7) is 4.91. The third-order valence-corrected chi connectivity index (χ3v) is 3.56. The average Bonchev–Trinajstić information content (AvgIpc) is 2.74. The van der Waals surface area contributed by atoms with Crippen LogP contribution in [0.4, 0.5) is 4.79 Å². The van der Waals surface area contributed by atoms with Crippen LogP contribution in [0.2, 0.25) is 0 Å². The Labute approximate surface area is 107 Å². The summed E-state index contributed by atoms with van der Waals surface area (Å²) in [5.74, 6) is -0.815. The van der Waals surface area contributed by atoms with E-state index in [0.29, 0.717) is 26.0 Å². The van der Waals surface area contributed by atoms with Gasteiger partial charge in [0.15, 0.2) is 0 Å². The number of nitrogens with zero attached hydrogens (tertiary/aromatic N) is 1. The van der Waals surface area contributed by atoms with Gasteiger partial charge in [-0.15, -0.1) is 0 Å². The molecular weight excluding hydrogens is 236 g/mol. The fourth-order valence-electron chi connectivity index (χ4n) is 2.25. The van der Waals surface area contributed by atoms with Crippen LogP contribution in [0.15, 0.2) is 0 Å². The summed E-state index contributed by atoms with van der Waals surface area (Å²) >= 11 is 0. The SMILES string of the molecule is CCC1(C(=O)O)CCN(C(=O)NC(C)COC)C1. The first kappa shape index (κ1) is 14.8. The molecule has 1 rings (SSSR count). The second kappa shape index (κ2) is 6.04. The standard InChI is InChI=1S/C12H22N2O4/c1-4-12(10(15)16)5-6-14(8-12)11(17)13-9(2)7-18-3/h9H,4-8H2,1-3H3,(H,13,17)(H,15,16). The maximum atomic E-state index is 11.9. The van der Waals surface area contributed by atoms with Gasteiger partial charge in [-0.2, -0.15) is 0 Å². The Bertz CT molecular complexity index is 321. The molecule has 1 saturated heterocycles. The predicted molar refractivity (Wildman–Crippen MR) is 66.4 cm³/mol. The molecular formula is C12H22N2O4. The van der Waals surface area contributed by atoms with Gasteiger partial charge < -0.3 is 20.1 Å². The van der Waals surface area contributed by atoms with Gasteiger partial charge in [0.05, 0.1) is 18.1 Å². The minimum atomic E-state index is -0.815. The van der Waals surface area contributed by atoms with Gasteiger partial charge in [-0.25, -0.2) is 4.79 Å². The number of ether oxygens (including phenoxy) is 1. The lowest BCUT2D eigenvalue weighted by Gasteiger charge is -2.24. The number of carbonyl (C=O) groups is 2. The normalized spacial score (nSPS) is 24.9. The number of hydrogen-bond acceptors (Lipinski definition) is 3. The Hall–Kier alpha value is -1.30. The van der Waals surface area contributed by atoms with Crippen LogP contribution >= 0.6 is 0 Å². The van der Waals surface area contributed by atoms with Gasteiger partial charge in [0.1, 0.15) is 0 Å². The highest BCUT2D eigenvalue weighted by molar-refractivity contribution is 5.79. The zero-order valence-corrected chi connectivity index (χ0v) is 11.2. The number of aliphatic carboxylic acids is 1. The highest BCUT2D eigenvalue weighted by Crippen LogP contribution is 2.34.